The number of nitriles is 1. The van der Waals surface area contributed by atoms with Gasteiger partial charge in [-0.1, -0.05) is 59.6 Å². The molecule has 1 aliphatic heterocycles. The van der Waals surface area contributed by atoms with Crippen LogP contribution in [0.25, 0.3) is 10.8 Å². The number of nitrogens with zero attached hydrogens (tertiary/aromatic N) is 2. The van der Waals surface area contributed by atoms with Crippen LogP contribution in [0.1, 0.15) is 17.0 Å². The third-order valence-corrected chi connectivity index (χ3v) is 5.08. The molecule has 2 N–H and O–H groups in total. The molecular weight excluding hydrogens is 381 g/mol. The number of benzene rings is 3. The van der Waals surface area contributed by atoms with E-state index in [1.54, 1.807) is 12.1 Å². The van der Waals surface area contributed by atoms with E-state index in [2.05, 4.69) is 11.1 Å². The Balaban J connectivity index is 2.06. The Morgan fingerprint density at radius 3 is 2.44 bits per heavy atom. The van der Waals surface area contributed by atoms with Crippen molar-refractivity contribution in [3.05, 3.63) is 87.2 Å². The summed E-state index contributed by atoms with van der Waals surface area (Å²) in [6, 6.07) is 19.1. The first-order valence-corrected chi connectivity index (χ1v) is 8.92. The quantitative estimate of drug-likeness (QED) is 0.468. The molecule has 3 aromatic rings. The molecule has 0 spiro atoms. The zero-order valence-electron chi connectivity index (χ0n) is 14.0. The van der Waals surface area contributed by atoms with E-state index < -0.39 is 5.92 Å². The largest absolute Gasteiger partial charge is 0.437 e. The number of fused-ring (bicyclic) bond motifs is 3. The summed E-state index contributed by atoms with van der Waals surface area (Å²) in [6.45, 7) is 0. The smallest absolute Gasteiger partial charge is 0.235 e. The standard InChI is InChI=1S/C21H13Cl2N3O/c22-13-7-5-12(6-8-13)19-16-9-18(23)14-3-1-2-4-15(14)20(16)27-21(26-11-25)17(19)10-24/h1-9,11,19H,(H2,25,26). The van der Waals surface area contributed by atoms with Crippen molar-refractivity contribution in [3.63, 3.8) is 0 Å². The van der Waals surface area contributed by atoms with Gasteiger partial charge in [0.25, 0.3) is 0 Å². The molecule has 0 saturated carbocycles. The maximum atomic E-state index is 9.82. The van der Waals surface area contributed by atoms with Gasteiger partial charge in [0.2, 0.25) is 5.88 Å². The fraction of sp³-hybridized carbons (Fsp3) is 0.0476. The maximum absolute atomic E-state index is 9.82. The molecule has 4 nitrogen and oxygen atoms in total. The number of halogens is 2. The first kappa shape index (κ1) is 17.4. The highest BCUT2D eigenvalue weighted by atomic mass is 35.5. The Hall–Kier alpha value is -3.00. The molecule has 3 aromatic carbocycles. The van der Waals surface area contributed by atoms with Crippen LogP contribution < -0.4 is 10.5 Å². The van der Waals surface area contributed by atoms with E-state index in [0.29, 0.717) is 21.4 Å². The van der Waals surface area contributed by atoms with Gasteiger partial charge in [-0.2, -0.15) is 5.26 Å². The van der Waals surface area contributed by atoms with Gasteiger partial charge in [0.15, 0.2) is 0 Å². The molecule has 0 aliphatic carbocycles. The Morgan fingerprint density at radius 2 is 1.78 bits per heavy atom. The average Bonchev–Trinajstić information content (AvgIpc) is 2.69. The Kier molecular flexibility index (Phi) is 4.49. The van der Waals surface area contributed by atoms with Crippen LogP contribution >= 0.6 is 23.2 Å². The summed E-state index contributed by atoms with van der Waals surface area (Å²) in [5.41, 5.74) is 7.53. The number of allylic oxidation sites excluding steroid dienone is 1. The molecule has 0 aromatic heterocycles. The van der Waals surface area contributed by atoms with Gasteiger partial charge in [-0.25, -0.2) is 4.99 Å². The average molecular weight is 394 g/mol. The topological polar surface area (TPSA) is 71.4 Å². The molecule has 0 fully saturated rings. The maximum Gasteiger partial charge on any atom is 0.235 e. The molecule has 27 heavy (non-hydrogen) atoms. The number of hydrogen-bond acceptors (Lipinski definition) is 3. The third kappa shape index (κ3) is 2.91. The molecule has 4 rings (SSSR count). The highest BCUT2D eigenvalue weighted by Gasteiger charge is 2.33. The van der Waals surface area contributed by atoms with Crippen LogP contribution in [-0.2, 0) is 0 Å². The molecule has 1 aliphatic rings. The van der Waals surface area contributed by atoms with Crippen molar-refractivity contribution in [1.29, 1.82) is 5.26 Å². The minimum absolute atomic E-state index is 0.180. The van der Waals surface area contributed by atoms with E-state index in [9.17, 15) is 5.26 Å². The van der Waals surface area contributed by atoms with Gasteiger partial charge < -0.3 is 10.5 Å². The summed E-state index contributed by atoms with van der Waals surface area (Å²) in [7, 11) is 0. The van der Waals surface area contributed by atoms with E-state index >= 15 is 0 Å². The zero-order chi connectivity index (χ0) is 19.0. The monoisotopic (exact) mass is 393 g/mol. The van der Waals surface area contributed by atoms with Gasteiger partial charge >= 0.3 is 0 Å². The lowest BCUT2D eigenvalue weighted by atomic mass is 9.82. The minimum atomic E-state index is -0.392. The van der Waals surface area contributed by atoms with Gasteiger partial charge in [0, 0.05) is 26.4 Å². The lowest BCUT2D eigenvalue weighted by Gasteiger charge is -2.28. The first-order chi connectivity index (χ1) is 13.1. The SMILES string of the molecule is N#CC1=C(/N=C/N)Oc2c(cc(Cl)c3ccccc23)C1c1ccc(Cl)cc1. The lowest BCUT2D eigenvalue weighted by Crippen LogP contribution is -2.16. The molecule has 0 radical (unpaired) electrons. The molecule has 0 amide bonds. The van der Waals surface area contributed by atoms with Crippen molar-refractivity contribution in [3.8, 4) is 11.8 Å². The Morgan fingerprint density at radius 1 is 1.07 bits per heavy atom. The summed E-state index contributed by atoms with van der Waals surface area (Å²) in [6.07, 6.45) is 1.12. The fourth-order valence-corrected chi connectivity index (χ4v) is 3.77. The second-order valence-corrected chi connectivity index (χ2v) is 6.86. The van der Waals surface area contributed by atoms with E-state index in [0.717, 1.165) is 28.2 Å². The molecule has 1 atom stereocenters. The molecule has 132 valence electrons. The van der Waals surface area contributed by atoms with Gasteiger partial charge in [0.05, 0.1) is 12.3 Å². The van der Waals surface area contributed by atoms with Gasteiger partial charge in [-0.15, -0.1) is 0 Å². The summed E-state index contributed by atoms with van der Waals surface area (Å²) in [5.74, 6) is 0.409. The van der Waals surface area contributed by atoms with E-state index in [4.69, 9.17) is 33.7 Å². The predicted molar refractivity (Wildman–Crippen MR) is 108 cm³/mol. The van der Waals surface area contributed by atoms with Crippen LogP contribution in [0.5, 0.6) is 5.75 Å². The predicted octanol–water partition coefficient (Wildman–Crippen LogP) is 5.39. The minimum Gasteiger partial charge on any atom is -0.437 e. The Bertz CT molecular complexity index is 1140. The highest BCUT2D eigenvalue weighted by Crippen LogP contribution is 2.48. The lowest BCUT2D eigenvalue weighted by molar-refractivity contribution is 0.400. The zero-order valence-corrected chi connectivity index (χ0v) is 15.5. The molecule has 1 heterocycles. The molecular formula is C21H13Cl2N3O. The van der Waals surface area contributed by atoms with Crippen molar-refractivity contribution in [2.45, 2.75) is 5.92 Å². The van der Waals surface area contributed by atoms with Crippen molar-refractivity contribution in [2.24, 2.45) is 10.7 Å². The fourth-order valence-electron chi connectivity index (χ4n) is 3.36. The molecule has 0 saturated heterocycles. The van der Waals surface area contributed by atoms with E-state index in [1.807, 2.05) is 42.5 Å². The normalized spacial score (nSPS) is 16.3. The number of aliphatic imine (C=N–C) groups is 1. The van der Waals surface area contributed by atoms with Gasteiger partial charge in [-0.05, 0) is 23.8 Å². The highest BCUT2D eigenvalue weighted by molar-refractivity contribution is 6.36. The van der Waals surface area contributed by atoms with Gasteiger partial charge in [0.1, 0.15) is 17.4 Å². The Labute approximate surface area is 166 Å². The van der Waals surface area contributed by atoms with Crippen LogP contribution in [0.15, 0.2) is 71.0 Å². The van der Waals surface area contributed by atoms with Gasteiger partial charge in [-0.3, -0.25) is 0 Å². The molecule has 1 unspecified atom stereocenters. The van der Waals surface area contributed by atoms with Crippen molar-refractivity contribution in [2.75, 3.05) is 0 Å². The van der Waals surface area contributed by atoms with Crippen molar-refractivity contribution < 1.29 is 4.74 Å². The number of nitrogens with two attached hydrogens (primary N) is 1. The second-order valence-electron chi connectivity index (χ2n) is 6.02. The first-order valence-electron chi connectivity index (χ1n) is 8.17. The summed E-state index contributed by atoms with van der Waals surface area (Å²) < 4.78 is 6.01. The summed E-state index contributed by atoms with van der Waals surface area (Å²) >= 11 is 12.6. The van der Waals surface area contributed by atoms with E-state index in [-0.39, 0.29) is 5.88 Å². The van der Waals surface area contributed by atoms with Crippen LogP contribution in [0.2, 0.25) is 10.0 Å². The van der Waals surface area contributed by atoms with Crippen LogP contribution in [0.3, 0.4) is 0 Å². The second kappa shape index (κ2) is 6.96. The summed E-state index contributed by atoms with van der Waals surface area (Å²) in [4.78, 5) is 4.09. The molecule has 6 heteroatoms. The number of ether oxygens (including phenoxy) is 1. The van der Waals surface area contributed by atoms with Crippen LogP contribution in [0, 0.1) is 11.3 Å². The van der Waals surface area contributed by atoms with Crippen molar-refractivity contribution in [1.82, 2.24) is 0 Å². The van der Waals surface area contributed by atoms with Crippen LogP contribution in [0.4, 0.5) is 0 Å². The van der Waals surface area contributed by atoms with E-state index in [1.165, 1.54) is 0 Å². The van der Waals surface area contributed by atoms with Crippen molar-refractivity contribution >= 4 is 40.3 Å². The molecule has 0 bridgehead atoms. The summed E-state index contributed by atoms with van der Waals surface area (Å²) in [5, 5.41) is 12.7. The number of hydrogen-bond donors (Lipinski definition) is 1. The van der Waals surface area contributed by atoms with Crippen LogP contribution in [-0.4, -0.2) is 6.34 Å². The number of rotatable bonds is 2. The third-order valence-electron chi connectivity index (χ3n) is 4.52.